The van der Waals surface area contributed by atoms with Gasteiger partial charge in [-0.1, -0.05) is 35.5 Å². The monoisotopic (exact) mass is 401 g/mol. The van der Waals surface area contributed by atoms with Gasteiger partial charge in [-0.2, -0.15) is 13.2 Å². The van der Waals surface area contributed by atoms with Gasteiger partial charge in [0.25, 0.3) is 0 Å². The summed E-state index contributed by atoms with van der Waals surface area (Å²) in [5, 5.41) is 3.59. The number of benzene rings is 1. The normalized spacial score (nSPS) is 11.7. The molecule has 0 unspecified atom stereocenters. The quantitative estimate of drug-likeness (QED) is 0.418. The van der Waals surface area contributed by atoms with Crippen LogP contribution in [-0.2, 0) is 18.3 Å². The Morgan fingerprint density at radius 1 is 1.08 bits per heavy atom. The lowest BCUT2D eigenvalue weighted by Gasteiger charge is -2.06. The molecule has 2 aromatic heterocycles. The third kappa shape index (κ3) is 5.17. The maximum atomic E-state index is 12.6. The van der Waals surface area contributed by atoms with Crippen molar-refractivity contribution in [2.45, 2.75) is 23.5 Å². The van der Waals surface area contributed by atoms with Crippen LogP contribution in [0, 0.1) is 0 Å². The Balaban J connectivity index is 1.61. The van der Waals surface area contributed by atoms with Gasteiger partial charge in [0.15, 0.2) is 5.16 Å². The minimum absolute atomic E-state index is 0.0853. The Morgan fingerprint density at radius 3 is 2.56 bits per heavy atom. The summed E-state index contributed by atoms with van der Waals surface area (Å²) in [5.74, 6) is 0.415. The average Bonchev–Trinajstić information content (AvgIpc) is 3.02. The lowest BCUT2D eigenvalue weighted by molar-refractivity contribution is -0.141. The standard InChI is InChI=1S/C16H11ClF3N3S2/c17-11-3-1-10(2-4-11)7-14-22-12(8-24-14)9-25-15-21-6-5-13(23-15)16(18,19)20/h1-6,8H,7,9H2. The maximum absolute atomic E-state index is 12.6. The van der Waals surface area contributed by atoms with Crippen molar-refractivity contribution in [3.63, 3.8) is 0 Å². The first kappa shape index (κ1) is 18.2. The summed E-state index contributed by atoms with van der Waals surface area (Å²) in [6.07, 6.45) is -2.66. The van der Waals surface area contributed by atoms with Gasteiger partial charge in [-0.25, -0.2) is 15.0 Å². The molecule has 0 saturated carbocycles. The van der Waals surface area contributed by atoms with Gasteiger partial charge in [-0.15, -0.1) is 11.3 Å². The highest BCUT2D eigenvalue weighted by atomic mass is 35.5. The van der Waals surface area contributed by atoms with E-state index in [0.29, 0.717) is 17.2 Å². The fourth-order valence-electron chi connectivity index (χ4n) is 1.98. The molecule has 0 aliphatic carbocycles. The van der Waals surface area contributed by atoms with Gasteiger partial charge < -0.3 is 0 Å². The smallest absolute Gasteiger partial charge is 0.245 e. The molecule has 25 heavy (non-hydrogen) atoms. The molecule has 0 saturated heterocycles. The van der Waals surface area contributed by atoms with Crippen LogP contribution in [-0.4, -0.2) is 15.0 Å². The van der Waals surface area contributed by atoms with Gasteiger partial charge in [0.2, 0.25) is 0 Å². The second kappa shape index (κ2) is 7.72. The van der Waals surface area contributed by atoms with Crippen LogP contribution >= 0.6 is 34.7 Å². The molecule has 3 nitrogen and oxygen atoms in total. The molecule has 1 aromatic carbocycles. The molecule has 0 spiro atoms. The lowest BCUT2D eigenvalue weighted by Crippen LogP contribution is -2.08. The van der Waals surface area contributed by atoms with Crippen molar-refractivity contribution < 1.29 is 13.2 Å². The van der Waals surface area contributed by atoms with Gasteiger partial charge in [0.05, 0.1) is 10.7 Å². The van der Waals surface area contributed by atoms with E-state index in [4.69, 9.17) is 11.6 Å². The zero-order valence-corrected chi connectivity index (χ0v) is 15.0. The van der Waals surface area contributed by atoms with E-state index in [-0.39, 0.29) is 5.16 Å². The van der Waals surface area contributed by atoms with Crippen LogP contribution in [0.3, 0.4) is 0 Å². The molecule has 2 heterocycles. The van der Waals surface area contributed by atoms with Gasteiger partial charge >= 0.3 is 6.18 Å². The topological polar surface area (TPSA) is 38.7 Å². The van der Waals surface area contributed by atoms with E-state index in [0.717, 1.165) is 40.3 Å². The molecule has 0 N–H and O–H groups in total. The van der Waals surface area contributed by atoms with Crippen molar-refractivity contribution in [3.05, 3.63) is 68.9 Å². The highest BCUT2D eigenvalue weighted by molar-refractivity contribution is 7.98. The minimum atomic E-state index is -4.47. The first-order chi connectivity index (χ1) is 11.9. The van der Waals surface area contributed by atoms with Crippen molar-refractivity contribution in [1.82, 2.24) is 15.0 Å². The van der Waals surface area contributed by atoms with E-state index < -0.39 is 11.9 Å². The molecule has 0 aliphatic rings. The van der Waals surface area contributed by atoms with Gasteiger partial charge in [-0.3, -0.25) is 0 Å². The second-order valence-corrected chi connectivity index (χ2v) is 7.37. The van der Waals surface area contributed by atoms with Crippen molar-refractivity contribution in [2.75, 3.05) is 0 Å². The third-order valence-corrected chi connectivity index (χ3v) is 5.19. The summed E-state index contributed by atoms with van der Waals surface area (Å²) in [4.78, 5) is 11.9. The molecule has 3 rings (SSSR count). The highest BCUT2D eigenvalue weighted by Crippen LogP contribution is 2.29. The Morgan fingerprint density at radius 2 is 1.84 bits per heavy atom. The first-order valence-corrected chi connectivity index (χ1v) is 9.35. The Bertz CT molecular complexity index is 850. The van der Waals surface area contributed by atoms with E-state index in [9.17, 15) is 13.2 Å². The first-order valence-electron chi connectivity index (χ1n) is 7.11. The molecule has 9 heteroatoms. The van der Waals surface area contributed by atoms with Crippen molar-refractivity contribution >= 4 is 34.7 Å². The van der Waals surface area contributed by atoms with Gasteiger partial charge in [0.1, 0.15) is 5.69 Å². The second-order valence-electron chi connectivity index (χ2n) is 5.05. The Hall–Kier alpha value is -1.64. The Labute approximate surface area is 155 Å². The SMILES string of the molecule is FC(F)(F)c1ccnc(SCc2csc(Cc3ccc(Cl)cc3)n2)n1. The number of rotatable bonds is 5. The summed E-state index contributed by atoms with van der Waals surface area (Å²) in [7, 11) is 0. The van der Waals surface area contributed by atoms with Gasteiger partial charge in [0, 0.05) is 28.8 Å². The molecule has 0 atom stereocenters. The molecule has 0 bridgehead atoms. The molecule has 130 valence electrons. The van der Waals surface area contributed by atoms with E-state index in [2.05, 4.69) is 15.0 Å². The number of hydrogen-bond donors (Lipinski definition) is 0. The minimum Gasteiger partial charge on any atom is -0.245 e. The number of alkyl halides is 3. The fourth-order valence-corrected chi connectivity index (χ4v) is 3.76. The van der Waals surface area contributed by atoms with Crippen molar-refractivity contribution in [3.8, 4) is 0 Å². The van der Waals surface area contributed by atoms with E-state index in [1.165, 1.54) is 11.3 Å². The molecular formula is C16H11ClF3N3S2. The predicted molar refractivity (Wildman–Crippen MR) is 93.0 cm³/mol. The molecular weight excluding hydrogens is 391 g/mol. The number of aromatic nitrogens is 3. The molecule has 0 aliphatic heterocycles. The van der Waals surface area contributed by atoms with E-state index in [1.54, 1.807) is 0 Å². The van der Waals surface area contributed by atoms with Crippen LogP contribution in [0.4, 0.5) is 13.2 Å². The zero-order valence-electron chi connectivity index (χ0n) is 12.6. The van der Waals surface area contributed by atoms with E-state index >= 15 is 0 Å². The summed E-state index contributed by atoms with van der Waals surface area (Å²) >= 11 is 8.50. The lowest BCUT2D eigenvalue weighted by atomic mass is 10.2. The molecule has 3 aromatic rings. The Kier molecular flexibility index (Phi) is 5.61. The largest absolute Gasteiger partial charge is 0.433 e. The molecule has 0 fully saturated rings. The summed E-state index contributed by atoms with van der Waals surface area (Å²) < 4.78 is 37.9. The number of nitrogens with zero attached hydrogens (tertiary/aromatic N) is 3. The zero-order chi connectivity index (χ0) is 17.9. The summed E-state index contributed by atoms with van der Waals surface area (Å²) in [6, 6.07) is 8.39. The molecule has 0 radical (unpaired) electrons. The van der Waals surface area contributed by atoms with Crippen LogP contribution in [0.15, 0.2) is 47.1 Å². The fraction of sp³-hybridized carbons (Fsp3) is 0.188. The van der Waals surface area contributed by atoms with Crippen molar-refractivity contribution in [2.24, 2.45) is 0 Å². The highest BCUT2D eigenvalue weighted by Gasteiger charge is 2.32. The van der Waals surface area contributed by atoms with Crippen LogP contribution in [0.2, 0.25) is 5.02 Å². The number of hydrogen-bond acceptors (Lipinski definition) is 5. The number of thioether (sulfide) groups is 1. The van der Waals surface area contributed by atoms with Gasteiger partial charge in [-0.05, 0) is 23.8 Å². The third-order valence-electron chi connectivity index (χ3n) is 3.14. The number of thiazole rings is 1. The van der Waals surface area contributed by atoms with Crippen LogP contribution in [0.25, 0.3) is 0 Å². The predicted octanol–water partition coefficient (Wildman–Crippen LogP) is 5.49. The van der Waals surface area contributed by atoms with Crippen LogP contribution in [0.1, 0.15) is 22.0 Å². The summed E-state index contributed by atoms with van der Waals surface area (Å²) in [5.41, 5.74) is 0.950. The maximum Gasteiger partial charge on any atom is 0.433 e. The number of halogens is 4. The average molecular weight is 402 g/mol. The summed E-state index contributed by atoms with van der Waals surface area (Å²) in [6.45, 7) is 0. The van der Waals surface area contributed by atoms with E-state index in [1.807, 2.05) is 29.6 Å². The van der Waals surface area contributed by atoms with Crippen LogP contribution < -0.4 is 0 Å². The van der Waals surface area contributed by atoms with Crippen molar-refractivity contribution in [1.29, 1.82) is 0 Å². The van der Waals surface area contributed by atoms with Crippen LogP contribution in [0.5, 0.6) is 0 Å². The molecule has 0 amide bonds.